The minimum Gasteiger partial charge on any atom is -0.508 e. The Morgan fingerprint density at radius 2 is 0.660 bits per heavy atom. The van der Waals surface area contributed by atoms with Crippen molar-refractivity contribution in [3.8, 4) is 5.75 Å². The summed E-state index contributed by atoms with van der Waals surface area (Å²) in [6.45, 7) is 6.78. The van der Waals surface area contributed by atoms with Crippen LogP contribution in [0.3, 0.4) is 0 Å². The Labute approximate surface area is 293 Å². The van der Waals surface area contributed by atoms with Crippen molar-refractivity contribution in [2.24, 2.45) is 0 Å². The van der Waals surface area contributed by atoms with Crippen LogP contribution in [0, 0.1) is 0 Å². The molecule has 2 N–H and O–H groups in total. The Bertz CT molecular complexity index is 971. The van der Waals surface area contributed by atoms with E-state index in [2.05, 4.69) is 20.8 Å². The number of hydrogen-bond donors (Lipinski definition) is 2. The zero-order valence-corrected chi connectivity index (χ0v) is 32.3. The molecule has 1 aromatic carbocycles. The van der Waals surface area contributed by atoms with Gasteiger partial charge in [0.25, 0.3) is 10.1 Å². The molecule has 5 heteroatoms. The standard InChI is InChI=1S/C42H78O4S/c1-4-7-10-13-16-19-22-25-28-31-34-38-39(35-32-29-26-23-20-17-14-11-8-5-2)41(43)37-42(47(44,45)46)40(38)36-33-30-27-24-21-18-15-12-9-6-3/h37,43H,4-36H2,1-3H3,(H,44,45,46). The van der Waals surface area contributed by atoms with Gasteiger partial charge in [-0.3, -0.25) is 4.55 Å². The molecule has 0 aromatic heterocycles. The van der Waals surface area contributed by atoms with Crippen LogP contribution in [-0.4, -0.2) is 18.1 Å². The third-order valence-corrected chi connectivity index (χ3v) is 11.1. The number of phenols is 1. The third-order valence-electron chi connectivity index (χ3n) is 10.2. The molecule has 4 nitrogen and oxygen atoms in total. The van der Waals surface area contributed by atoms with Crippen LogP contribution in [0.15, 0.2) is 11.0 Å². The lowest BCUT2D eigenvalue weighted by molar-refractivity contribution is 0.454. The van der Waals surface area contributed by atoms with E-state index in [1.165, 1.54) is 160 Å². The highest BCUT2D eigenvalue weighted by Gasteiger charge is 2.24. The molecule has 0 saturated heterocycles. The van der Waals surface area contributed by atoms with E-state index in [9.17, 15) is 18.1 Å². The Morgan fingerprint density at radius 3 is 0.957 bits per heavy atom. The number of phenolic OH excluding ortho intramolecular Hbond substituents is 1. The van der Waals surface area contributed by atoms with Gasteiger partial charge in [0.15, 0.2) is 0 Å². The smallest absolute Gasteiger partial charge is 0.294 e. The molecule has 276 valence electrons. The first kappa shape index (κ1) is 44.0. The summed E-state index contributed by atoms with van der Waals surface area (Å²) >= 11 is 0. The fraction of sp³-hybridized carbons (Fsp3) is 0.857. The van der Waals surface area contributed by atoms with E-state index in [4.69, 9.17) is 0 Å². The van der Waals surface area contributed by atoms with E-state index in [-0.39, 0.29) is 10.6 Å². The van der Waals surface area contributed by atoms with E-state index in [1.54, 1.807) is 0 Å². The van der Waals surface area contributed by atoms with E-state index in [0.717, 1.165) is 68.1 Å². The predicted octanol–water partition coefficient (Wildman–Crippen LogP) is 14.0. The highest BCUT2D eigenvalue weighted by Crippen LogP contribution is 2.35. The van der Waals surface area contributed by atoms with Gasteiger partial charge in [-0.2, -0.15) is 8.42 Å². The molecule has 0 unspecified atom stereocenters. The van der Waals surface area contributed by atoms with Crippen LogP contribution < -0.4 is 0 Å². The lowest BCUT2D eigenvalue weighted by Crippen LogP contribution is -2.10. The fourth-order valence-corrected chi connectivity index (χ4v) is 8.03. The quantitative estimate of drug-likeness (QED) is 0.0562. The molecule has 0 radical (unpaired) electrons. The van der Waals surface area contributed by atoms with Crippen molar-refractivity contribution in [3.63, 3.8) is 0 Å². The molecule has 0 saturated carbocycles. The van der Waals surface area contributed by atoms with E-state index >= 15 is 0 Å². The number of hydrogen-bond acceptors (Lipinski definition) is 3. The molecular weight excluding hydrogens is 601 g/mol. The lowest BCUT2D eigenvalue weighted by Gasteiger charge is -2.20. The molecule has 1 rings (SSSR count). The number of benzene rings is 1. The Balaban J connectivity index is 2.83. The minimum atomic E-state index is -4.41. The summed E-state index contributed by atoms with van der Waals surface area (Å²) in [6, 6.07) is 1.36. The lowest BCUT2D eigenvalue weighted by atomic mass is 9.89. The first-order valence-corrected chi connectivity index (χ1v) is 22.1. The highest BCUT2D eigenvalue weighted by atomic mass is 32.2. The Morgan fingerprint density at radius 1 is 0.404 bits per heavy atom. The number of aromatic hydroxyl groups is 1. The fourth-order valence-electron chi connectivity index (χ4n) is 7.24. The molecule has 0 atom stereocenters. The molecule has 0 bridgehead atoms. The summed E-state index contributed by atoms with van der Waals surface area (Å²) in [5, 5.41) is 11.1. The van der Waals surface area contributed by atoms with Crippen molar-refractivity contribution in [2.75, 3.05) is 0 Å². The summed E-state index contributed by atoms with van der Waals surface area (Å²) in [4.78, 5) is -0.0557. The Kier molecular flexibility index (Phi) is 27.9. The second-order valence-electron chi connectivity index (χ2n) is 14.6. The molecule has 0 amide bonds. The van der Waals surface area contributed by atoms with Crippen molar-refractivity contribution < 1.29 is 18.1 Å². The number of unbranched alkanes of at least 4 members (excludes halogenated alkanes) is 27. The van der Waals surface area contributed by atoms with Crippen molar-refractivity contribution in [2.45, 2.75) is 238 Å². The van der Waals surface area contributed by atoms with E-state index < -0.39 is 10.1 Å². The molecule has 1 aromatic rings. The maximum absolute atomic E-state index is 12.6. The number of rotatable bonds is 34. The molecule has 0 aliphatic rings. The molecule has 0 spiro atoms. The van der Waals surface area contributed by atoms with Gasteiger partial charge in [0.2, 0.25) is 0 Å². The van der Waals surface area contributed by atoms with Crippen LogP contribution in [0.5, 0.6) is 5.75 Å². The average molecular weight is 679 g/mol. The summed E-state index contributed by atoms with van der Waals surface area (Å²) < 4.78 is 35.4. The maximum Gasteiger partial charge on any atom is 0.294 e. The van der Waals surface area contributed by atoms with Crippen LogP contribution in [0.1, 0.15) is 230 Å². The van der Waals surface area contributed by atoms with Crippen LogP contribution >= 0.6 is 0 Å². The van der Waals surface area contributed by atoms with Gasteiger partial charge in [0.1, 0.15) is 10.6 Å². The SMILES string of the molecule is CCCCCCCCCCCCc1c(O)cc(S(=O)(=O)O)c(CCCCCCCCCCCC)c1CCCCCCCCCCCC. The summed E-state index contributed by atoms with van der Waals surface area (Å²) in [5.41, 5.74) is 2.74. The summed E-state index contributed by atoms with van der Waals surface area (Å²) in [5.74, 6) is 0.0578. The van der Waals surface area contributed by atoms with Gasteiger partial charge in [0, 0.05) is 6.07 Å². The molecular formula is C42H78O4S. The van der Waals surface area contributed by atoms with Crippen molar-refractivity contribution in [1.29, 1.82) is 0 Å². The zero-order valence-electron chi connectivity index (χ0n) is 31.5. The maximum atomic E-state index is 12.6. The topological polar surface area (TPSA) is 74.6 Å². The second kappa shape index (κ2) is 29.8. The first-order chi connectivity index (χ1) is 22.9. The van der Waals surface area contributed by atoms with Gasteiger partial charge in [-0.05, 0) is 55.2 Å². The third kappa shape index (κ3) is 22.3. The second-order valence-corrected chi connectivity index (χ2v) is 16.0. The van der Waals surface area contributed by atoms with E-state index in [1.807, 2.05) is 0 Å². The van der Waals surface area contributed by atoms with Crippen LogP contribution in [0.4, 0.5) is 0 Å². The van der Waals surface area contributed by atoms with Crippen molar-refractivity contribution >= 4 is 10.1 Å². The van der Waals surface area contributed by atoms with Crippen molar-refractivity contribution in [1.82, 2.24) is 0 Å². The van der Waals surface area contributed by atoms with Crippen molar-refractivity contribution in [3.05, 3.63) is 22.8 Å². The largest absolute Gasteiger partial charge is 0.508 e. The van der Waals surface area contributed by atoms with E-state index in [0.29, 0.717) is 6.42 Å². The summed E-state index contributed by atoms with van der Waals surface area (Å²) in [6.07, 6.45) is 39.7. The Hall–Kier alpha value is -1.07. The monoisotopic (exact) mass is 679 g/mol. The minimum absolute atomic E-state index is 0.0557. The summed E-state index contributed by atoms with van der Waals surface area (Å²) in [7, 11) is -4.41. The van der Waals surface area contributed by atoms with Gasteiger partial charge in [-0.15, -0.1) is 0 Å². The molecule has 47 heavy (non-hydrogen) atoms. The normalized spacial score (nSPS) is 11.9. The van der Waals surface area contributed by atoms with Gasteiger partial charge in [-0.1, -0.05) is 194 Å². The van der Waals surface area contributed by atoms with Gasteiger partial charge in [-0.25, -0.2) is 0 Å². The molecule has 0 aliphatic heterocycles. The van der Waals surface area contributed by atoms with Gasteiger partial charge >= 0.3 is 0 Å². The highest BCUT2D eigenvalue weighted by molar-refractivity contribution is 7.85. The predicted molar refractivity (Wildman–Crippen MR) is 205 cm³/mol. The van der Waals surface area contributed by atoms with Gasteiger partial charge < -0.3 is 5.11 Å². The molecule has 0 fully saturated rings. The average Bonchev–Trinajstić information content (AvgIpc) is 3.04. The first-order valence-electron chi connectivity index (χ1n) is 20.7. The molecule has 0 heterocycles. The van der Waals surface area contributed by atoms with Crippen LogP contribution in [0.2, 0.25) is 0 Å². The zero-order chi connectivity index (χ0) is 34.4. The van der Waals surface area contributed by atoms with Crippen LogP contribution in [-0.2, 0) is 29.4 Å². The van der Waals surface area contributed by atoms with Gasteiger partial charge in [0.05, 0.1) is 0 Å². The van der Waals surface area contributed by atoms with Crippen LogP contribution in [0.25, 0.3) is 0 Å². The molecule has 0 aliphatic carbocycles.